The van der Waals surface area contributed by atoms with Gasteiger partial charge in [0.2, 0.25) is 0 Å². The average molecular weight is 472 g/mol. The lowest BCUT2D eigenvalue weighted by Gasteiger charge is -2.28. The molecule has 0 saturated carbocycles. The van der Waals surface area contributed by atoms with E-state index < -0.39 is 5.60 Å². The molecule has 176 valence electrons. The van der Waals surface area contributed by atoms with Crippen molar-refractivity contribution >= 4 is 44.3 Å². The molecule has 1 aliphatic rings. The maximum absolute atomic E-state index is 13.8. The lowest BCUT2D eigenvalue weighted by molar-refractivity contribution is -0.142. The first-order valence-corrected chi connectivity index (χ1v) is 12.2. The Kier molecular flexibility index (Phi) is 4.19. The molecule has 3 aromatic carbocycles. The first-order valence-electron chi connectivity index (χ1n) is 12.2. The molecule has 5 nitrogen and oxygen atoms in total. The maximum Gasteiger partial charge on any atom is 0.340 e. The molecule has 0 aliphatic carbocycles. The number of benzene rings is 3. The number of aromatic amines is 3. The molecule has 0 radical (unpaired) electrons. The molecule has 0 unspecified atom stereocenters. The predicted octanol–water partition coefficient (Wildman–Crippen LogP) is 6.94. The molecule has 0 saturated heterocycles. The maximum atomic E-state index is 13.8. The fraction of sp³-hybridized carbons (Fsp3) is 0.129. The van der Waals surface area contributed by atoms with E-state index in [9.17, 15) is 4.79 Å². The van der Waals surface area contributed by atoms with E-state index in [-0.39, 0.29) is 5.97 Å². The number of H-pyrrole nitrogens is 3. The number of cyclic esters (lactones) is 1. The zero-order chi connectivity index (χ0) is 24.6. The Morgan fingerprint density at radius 2 is 1.06 bits per heavy atom. The van der Waals surface area contributed by atoms with Gasteiger partial charge in [-0.15, -0.1) is 0 Å². The molecule has 5 heteroatoms. The van der Waals surface area contributed by atoms with E-state index in [0.717, 1.165) is 66.5 Å². The van der Waals surface area contributed by atoms with Crippen molar-refractivity contribution in [2.24, 2.45) is 0 Å². The van der Waals surface area contributed by atoms with Gasteiger partial charge in [0.05, 0.1) is 5.57 Å². The number of fused-ring (bicyclic) bond motifs is 3. The number of aromatic nitrogens is 3. The normalized spacial score (nSPS) is 15.2. The van der Waals surface area contributed by atoms with Crippen molar-refractivity contribution in [3.05, 3.63) is 113 Å². The number of carbonyl (C=O) groups excluding carboxylic acids is 1. The third-order valence-corrected chi connectivity index (χ3v) is 7.51. The zero-order valence-corrected chi connectivity index (χ0v) is 20.3. The summed E-state index contributed by atoms with van der Waals surface area (Å²) < 4.78 is 6.57. The second-order valence-electron chi connectivity index (χ2n) is 9.69. The number of hydrogen-bond donors (Lipinski definition) is 3. The van der Waals surface area contributed by atoms with Gasteiger partial charge in [-0.05, 0) is 45.0 Å². The van der Waals surface area contributed by atoms with Crippen LogP contribution in [0.15, 0.2) is 78.9 Å². The van der Waals surface area contributed by atoms with Crippen molar-refractivity contribution in [3.63, 3.8) is 0 Å². The summed E-state index contributed by atoms with van der Waals surface area (Å²) in [6, 6.07) is 24.5. The number of hydrogen-bond acceptors (Lipinski definition) is 2. The van der Waals surface area contributed by atoms with Crippen LogP contribution in [-0.2, 0) is 15.1 Å². The lowest BCUT2D eigenvalue weighted by Crippen LogP contribution is -2.28. The monoisotopic (exact) mass is 471 g/mol. The van der Waals surface area contributed by atoms with E-state index in [1.54, 1.807) is 0 Å². The highest BCUT2D eigenvalue weighted by molar-refractivity contribution is 6.23. The number of carbonyl (C=O) groups is 1. The highest BCUT2D eigenvalue weighted by Crippen LogP contribution is 2.51. The van der Waals surface area contributed by atoms with E-state index in [0.29, 0.717) is 5.57 Å². The van der Waals surface area contributed by atoms with Crippen molar-refractivity contribution in [1.29, 1.82) is 0 Å². The molecule has 36 heavy (non-hydrogen) atoms. The second-order valence-corrected chi connectivity index (χ2v) is 9.69. The van der Waals surface area contributed by atoms with Gasteiger partial charge < -0.3 is 19.7 Å². The standard InChI is InChI=1S/C31H25N3O2/c1-17-27(20-10-4-7-13-24(20)32-17)23-16-31(36-30(23)35,28-18(2)33-25-14-8-5-11-21(25)28)29-19(3)34-26-15-9-6-12-22(26)29/h4-16,32-34H,1-3H3. The average Bonchev–Trinajstić information content (AvgIpc) is 3.58. The first kappa shape index (κ1) is 20.8. The van der Waals surface area contributed by atoms with Gasteiger partial charge in [0.25, 0.3) is 0 Å². The van der Waals surface area contributed by atoms with E-state index in [1.807, 2.05) is 55.5 Å². The number of esters is 1. The van der Waals surface area contributed by atoms with Crippen molar-refractivity contribution in [3.8, 4) is 0 Å². The number of ether oxygens (including phenoxy) is 1. The van der Waals surface area contributed by atoms with Crippen LogP contribution in [0, 0.1) is 20.8 Å². The van der Waals surface area contributed by atoms with Crippen LogP contribution in [0.3, 0.4) is 0 Å². The van der Waals surface area contributed by atoms with Crippen molar-refractivity contribution in [2.45, 2.75) is 26.4 Å². The van der Waals surface area contributed by atoms with Gasteiger partial charge in [0.1, 0.15) is 0 Å². The summed E-state index contributed by atoms with van der Waals surface area (Å²) in [7, 11) is 0. The van der Waals surface area contributed by atoms with Crippen LogP contribution in [0.2, 0.25) is 0 Å². The molecular weight excluding hydrogens is 446 g/mol. The van der Waals surface area contributed by atoms with Gasteiger partial charge in [-0.1, -0.05) is 54.6 Å². The summed E-state index contributed by atoms with van der Waals surface area (Å²) in [4.78, 5) is 24.3. The summed E-state index contributed by atoms with van der Waals surface area (Å²) in [6.07, 6.45) is 2.04. The minimum absolute atomic E-state index is 0.322. The Balaban J connectivity index is 1.62. The van der Waals surface area contributed by atoms with Crippen LogP contribution in [0.5, 0.6) is 0 Å². The summed E-state index contributed by atoms with van der Waals surface area (Å²) >= 11 is 0. The number of nitrogens with one attached hydrogen (secondary N) is 3. The van der Waals surface area contributed by atoms with Gasteiger partial charge in [0.15, 0.2) is 5.60 Å². The first-order chi connectivity index (χ1) is 17.5. The topological polar surface area (TPSA) is 73.7 Å². The summed E-state index contributed by atoms with van der Waals surface area (Å²) in [5.74, 6) is -0.322. The Labute approximate surface area is 207 Å². The van der Waals surface area contributed by atoms with Gasteiger partial charge in [-0.2, -0.15) is 0 Å². The summed E-state index contributed by atoms with van der Waals surface area (Å²) in [5.41, 5.74) is 8.24. The quantitative estimate of drug-likeness (QED) is 0.245. The van der Waals surface area contributed by atoms with Gasteiger partial charge in [-0.3, -0.25) is 0 Å². The molecule has 0 spiro atoms. The van der Waals surface area contributed by atoms with Crippen LogP contribution in [0.1, 0.15) is 33.8 Å². The highest BCUT2D eigenvalue weighted by Gasteiger charge is 2.49. The molecule has 1 aliphatic heterocycles. The summed E-state index contributed by atoms with van der Waals surface area (Å²) in [6.45, 7) is 6.12. The van der Waals surface area contributed by atoms with Crippen LogP contribution < -0.4 is 0 Å². The second kappa shape index (κ2) is 7.25. The Bertz CT molecular complexity index is 1800. The third kappa shape index (κ3) is 2.68. The van der Waals surface area contributed by atoms with Crippen molar-refractivity contribution in [2.75, 3.05) is 0 Å². The third-order valence-electron chi connectivity index (χ3n) is 7.51. The number of para-hydroxylation sites is 3. The highest BCUT2D eigenvalue weighted by atomic mass is 16.6. The molecule has 3 N–H and O–H groups in total. The largest absolute Gasteiger partial charge is 0.441 e. The Hall–Kier alpha value is -4.51. The van der Waals surface area contributed by atoms with Crippen LogP contribution >= 0.6 is 0 Å². The van der Waals surface area contributed by atoms with E-state index in [2.05, 4.69) is 59.1 Å². The zero-order valence-electron chi connectivity index (χ0n) is 20.3. The lowest BCUT2D eigenvalue weighted by atomic mass is 9.82. The molecule has 3 aromatic heterocycles. The van der Waals surface area contributed by atoms with E-state index in [4.69, 9.17) is 4.74 Å². The van der Waals surface area contributed by atoms with Crippen LogP contribution in [0.25, 0.3) is 38.3 Å². The van der Waals surface area contributed by atoms with Gasteiger partial charge >= 0.3 is 5.97 Å². The van der Waals surface area contributed by atoms with E-state index in [1.165, 1.54) is 0 Å². The molecule has 7 rings (SSSR count). The Morgan fingerprint density at radius 3 is 1.61 bits per heavy atom. The van der Waals surface area contributed by atoms with Crippen molar-refractivity contribution < 1.29 is 9.53 Å². The summed E-state index contributed by atoms with van der Waals surface area (Å²) in [5, 5.41) is 3.10. The van der Waals surface area contributed by atoms with E-state index >= 15 is 0 Å². The van der Waals surface area contributed by atoms with Crippen molar-refractivity contribution in [1.82, 2.24) is 15.0 Å². The Morgan fingerprint density at radius 1 is 0.611 bits per heavy atom. The minimum atomic E-state index is -1.09. The smallest absolute Gasteiger partial charge is 0.340 e. The molecule has 4 heterocycles. The molecule has 6 aromatic rings. The van der Waals surface area contributed by atoms with Gasteiger partial charge in [-0.25, -0.2) is 4.79 Å². The predicted molar refractivity (Wildman–Crippen MR) is 144 cm³/mol. The van der Waals surface area contributed by atoms with Gasteiger partial charge in [0, 0.05) is 66.5 Å². The minimum Gasteiger partial charge on any atom is -0.441 e. The number of aryl methyl sites for hydroxylation is 3. The fourth-order valence-electron chi connectivity index (χ4n) is 6.17. The number of rotatable bonds is 3. The molecular formula is C31H25N3O2. The molecule has 0 atom stereocenters. The molecule has 0 amide bonds. The van der Waals surface area contributed by atoms with Crippen LogP contribution in [-0.4, -0.2) is 20.9 Å². The SMILES string of the molecule is Cc1[nH]c2ccccc2c1C1=CC(c2c(C)[nH]c3ccccc23)(c2c(C)[nH]c3ccccc23)OC1=O. The van der Waals surface area contributed by atoms with Crippen LogP contribution in [0.4, 0.5) is 0 Å². The molecule has 0 bridgehead atoms. The fourth-order valence-corrected chi connectivity index (χ4v) is 6.17. The molecule has 0 fully saturated rings.